The van der Waals surface area contributed by atoms with Crippen molar-refractivity contribution in [2.24, 2.45) is 4.40 Å². The number of Topliss-reactive ketones (excluding diaryl/α,β-unsaturated/α-hetero) is 1. The summed E-state index contributed by atoms with van der Waals surface area (Å²) < 4.78 is 385. The summed E-state index contributed by atoms with van der Waals surface area (Å²) in [5.74, 6) is -18.4. The number of sulfonamides is 1. The number of carboxylic acid groups (broad SMARTS) is 3. The molecule has 14 rings (SSSR count). The summed E-state index contributed by atoms with van der Waals surface area (Å²) in [5.41, 5.74) is -3.04. The molecule has 0 N–H and O–H groups in total. The Bertz CT molecular complexity index is 6890. The van der Waals surface area contributed by atoms with Gasteiger partial charge in [0.05, 0.1) is 37.5 Å². The van der Waals surface area contributed by atoms with Gasteiger partial charge in [0.2, 0.25) is 11.6 Å². The SMILES string of the molecule is Cc1ccc(S(=O)(=O)[O-])cc1.Cc1ccc(S(=O)(=O)[O-])cc1.Clc1cccc([I-]c2cccc(Cl)c2)c1.FB(F)F.F[P-](F)(F)(F)(F)F.O=C([O-])C(=O)c1ccccc1.O=C([O-])c1ccccc1.O=C([O-])c1ccccc1.O=S(=O)([O-])C(F)(F)F.O=S(=O)([O-])c1c(F)c(F)c(F)c(F)c1F.O=S([O-])(=S)c1ccccc1.O=S1(=O)N=C([O-])c2ccccc21.[F-].[O-][Cl+3]([O-])([O-])[O-].c1ccc([S+](c2ccccc2)c2ccccc2)cc1. The molecule has 1 unspecified atom stereocenters. The summed E-state index contributed by atoms with van der Waals surface area (Å²) in [6, 6.07) is 97.6. The molecule has 0 aliphatic carbocycles. The second-order valence-electron chi connectivity index (χ2n) is 26.0. The molecule has 29 nitrogen and oxygen atoms in total. The maximum atomic E-state index is 12.6. The number of hydrogen-bond donors (Lipinski definition) is 0. The quantitative estimate of drug-likeness (QED) is 0.0114. The van der Waals surface area contributed by atoms with E-state index in [4.69, 9.17) is 54.8 Å². The number of carboxylic acids is 3. The van der Waals surface area contributed by atoms with Crippen molar-refractivity contribution in [3.63, 3.8) is 0 Å². The summed E-state index contributed by atoms with van der Waals surface area (Å²) in [6.07, 6.45) is 0. The molecule has 13 aromatic carbocycles. The van der Waals surface area contributed by atoms with E-state index in [1.807, 2.05) is 50.2 Å². The Kier molecular flexibility index (Phi) is 55.9. The van der Waals surface area contributed by atoms with Gasteiger partial charge in [0, 0.05) is 21.9 Å². The van der Waals surface area contributed by atoms with Crippen molar-refractivity contribution in [2.75, 3.05) is 0 Å². The van der Waals surface area contributed by atoms with Crippen molar-refractivity contribution in [1.29, 1.82) is 0 Å². The third-order valence-electron chi connectivity index (χ3n) is 14.9. The molecule has 0 spiro atoms. The van der Waals surface area contributed by atoms with Gasteiger partial charge in [-0.2, -0.15) is 26.0 Å². The van der Waals surface area contributed by atoms with Gasteiger partial charge < -0.3 is 62.3 Å². The predicted molar refractivity (Wildman–Crippen MR) is 471 cm³/mol. The Morgan fingerprint density at radius 1 is 0.415 bits per heavy atom. The number of aromatic carboxylic acids is 2. The Hall–Kier alpha value is -11.6. The predicted octanol–water partition coefficient (Wildman–Crippen LogP) is 5.69. The van der Waals surface area contributed by atoms with Crippen LogP contribution in [0.4, 0.5) is 73.3 Å². The van der Waals surface area contributed by atoms with Crippen LogP contribution in [0.15, 0.2) is 377 Å². The minimum atomic E-state index is -10.7. The fourth-order valence-corrected chi connectivity index (χ4v) is 17.8. The van der Waals surface area contributed by atoms with Crippen molar-refractivity contribution in [1.82, 2.24) is 0 Å². The monoisotopic (exact) mass is 2430 g/mol. The van der Waals surface area contributed by atoms with Gasteiger partial charge in [0.25, 0.3) is 10.0 Å². The summed E-state index contributed by atoms with van der Waals surface area (Å²) in [4.78, 5) is 42.4. The number of carbonyl (C=O) groups excluding carboxylic acids is 4. The molecule has 0 bridgehead atoms. The molecule has 800 valence electrons. The van der Waals surface area contributed by atoms with Crippen molar-refractivity contribution < 1.29 is 237 Å². The summed E-state index contributed by atoms with van der Waals surface area (Å²) in [7, 11) is -46.8. The number of halogens is 22. The maximum absolute atomic E-state index is 12.6. The normalized spacial score (nSPS) is 12.2. The molecular weight excluding hydrogens is 2370 g/mol. The van der Waals surface area contributed by atoms with Gasteiger partial charge in [-0.05, 0) is 124 Å². The zero-order valence-corrected chi connectivity index (χ0v) is 84.6. The summed E-state index contributed by atoms with van der Waals surface area (Å²) in [6.45, 7) is 3.64. The first-order valence-electron chi connectivity index (χ1n) is 37.5. The second kappa shape index (κ2) is 60.7. The average molecular weight is 2430 g/mol. The van der Waals surface area contributed by atoms with Crippen molar-refractivity contribution in [2.45, 2.75) is 58.5 Å². The van der Waals surface area contributed by atoms with E-state index in [2.05, 4.69) is 119 Å². The number of ketones is 1. The third kappa shape index (κ3) is 59.2. The zero-order chi connectivity index (χ0) is 112. The van der Waals surface area contributed by atoms with Crippen LogP contribution in [0.2, 0.25) is 10.0 Å². The molecule has 1 aliphatic rings. The number of benzene rings is 13. The topological polar surface area (TPSA) is 568 Å². The first-order valence-corrected chi connectivity index (χ1v) is 54.4. The largest absolute Gasteiger partial charge is 1.00 e. The zero-order valence-electron chi connectivity index (χ0n) is 72.7. The fraction of sp³-hybridized carbons (Fsp3) is 0.0349. The number of rotatable bonds is 13. The van der Waals surface area contributed by atoms with Gasteiger partial charge in [-0.3, -0.25) is 22.0 Å². The molecule has 61 heteroatoms. The number of carbonyl (C=O) groups is 4. The van der Waals surface area contributed by atoms with E-state index in [1.54, 1.807) is 109 Å². The van der Waals surface area contributed by atoms with Crippen LogP contribution in [0.1, 0.15) is 47.8 Å². The van der Waals surface area contributed by atoms with Crippen LogP contribution in [0.5, 0.6) is 0 Å². The van der Waals surface area contributed by atoms with E-state index >= 15 is 0 Å². The van der Waals surface area contributed by atoms with Crippen molar-refractivity contribution in [3.8, 4) is 0 Å². The fourth-order valence-electron chi connectivity index (χ4n) is 8.97. The van der Waals surface area contributed by atoms with E-state index in [-0.39, 0.29) is 78.6 Å². The molecule has 0 radical (unpaired) electrons. The number of nitrogens with zero attached hydrogens (tertiary/aromatic N) is 1. The molecule has 1 heterocycles. The van der Waals surface area contributed by atoms with Gasteiger partial charge in [0.1, 0.15) is 41.2 Å². The van der Waals surface area contributed by atoms with E-state index in [0.717, 1.165) is 21.2 Å². The molecule has 1 atom stereocenters. The van der Waals surface area contributed by atoms with Gasteiger partial charge in [0.15, 0.2) is 48.1 Å². The van der Waals surface area contributed by atoms with Crippen LogP contribution in [-0.4, -0.2) is 112 Å². The van der Waals surface area contributed by atoms with Crippen LogP contribution in [0.3, 0.4) is 0 Å². The molecular formula is C86H61BCl3F18INO28PS8-12. The Morgan fingerprint density at radius 2 is 0.673 bits per heavy atom. The average Bonchev–Trinajstić information content (AvgIpc) is 1.74. The van der Waals surface area contributed by atoms with Gasteiger partial charge in [-0.1, -0.05) is 217 Å². The second-order valence-corrected chi connectivity index (χ2v) is 44.3. The minimum absolute atomic E-state index is 0. The van der Waals surface area contributed by atoms with E-state index in [0.29, 0.717) is 0 Å². The first kappa shape index (κ1) is 135. The molecule has 0 aromatic heterocycles. The first-order chi connectivity index (χ1) is 66.8. The molecule has 0 fully saturated rings. The molecule has 1 aliphatic heterocycles. The van der Waals surface area contributed by atoms with Crippen LogP contribution in [-0.2, 0) is 86.1 Å². The van der Waals surface area contributed by atoms with Crippen molar-refractivity contribution >= 4 is 149 Å². The number of alkyl halides is 3. The summed E-state index contributed by atoms with van der Waals surface area (Å²) in [5, 5.41) is 42.8. The van der Waals surface area contributed by atoms with Gasteiger partial charge >= 0.3 is 156 Å². The number of hydrogen-bond acceptors (Lipinski definition) is 29. The standard InChI is InChI=1S/C18H15S.C12H8Cl2I.C8H6O3.C7H5NO3S.2C7H8O3S.2C7H6O2.C6HF5O3S.C6H6O2S2.CHF3O3S.BF3.ClHO4.F6P.FH/c1-4-10-16(11-5-1)19(17-12-6-2-7-13-17)18-14-8-3-9-15-18;13-9-3-1-5-11(7-9)15-12-6-2-4-10(14)8-12;9-7(8(10)11)6-4-2-1-3-5-6;9-7-5-3-1-2-4-6(5)12(10,11)8-7;2*1-6-2-4-7(5-3-6)11(8,9)10;2*8-7(9)6-4-2-1-3-5-6;7-1-2(8)4(10)6(15(12,13)14)5(11)3(1)9;7-10(8,9)6-4-2-1-3-5-6;2-1(3,4)8(5,6)7;2-1(3)4;2-1(3,4)5;1-7(2,3,4,5)6;/h1-15H;1-8H;1-5H,(H,10,11);1-4H,(H,8,9);2*2-5H,1H3,(H,8,9,10);2*1-5H,(H,8,9);(H,12,13,14);1-5H,(H,7,8,9);(H,5,6,7);;(H,2,3,4,5);;1H/q+1;-1;;;;;;;;;;;;-1;/p-11. The van der Waals surface area contributed by atoms with E-state index in [1.165, 1.54) is 107 Å². The van der Waals surface area contributed by atoms with Gasteiger partial charge in [-0.25, -0.2) is 74.3 Å². The Morgan fingerprint density at radius 3 is 0.905 bits per heavy atom. The van der Waals surface area contributed by atoms with Gasteiger partial charge in [-0.15, -0.1) is 10.2 Å². The van der Waals surface area contributed by atoms with Crippen LogP contribution < -0.4 is 65.0 Å². The number of aliphatic carboxylic acids is 1. The Labute approximate surface area is 855 Å². The van der Waals surface area contributed by atoms with E-state index < -0.39 is 154 Å². The molecule has 0 amide bonds. The van der Waals surface area contributed by atoms with Crippen LogP contribution >= 0.6 is 31.0 Å². The summed E-state index contributed by atoms with van der Waals surface area (Å²) >= 11 is 15.9. The minimum Gasteiger partial charge on any atom is -1.00 e. The van der Waals surface area contributed by atoms with Crippen molar-refractivity contribution in [3.05, 3.63) is 413 Å². The van der Waals surface area contributed by atoms with E-state index in [9.17, 15) is 169 Å². The van der Waals surface area contributed by atoms with Crippen LogP contribution in [0, 0.1) is 60.3 Å². The number of aryl methyl sites for hydroxylation is 2. The Balaban J connectivity index is 0.00000158. The molecule has 147 heavy (non-hydrogen) atoms. The third-order valence-corrected chi connectivity index (χ3v) is 26.1. The molecule has 13 aromatic rings. The smallest absolute Gasteiger partial charge is 0.485 e. The number of fused-ring (bicyclic) bond motifs is 1. The van der Waals surface area contributed by atoms with Crippen LogP contribution in [0.25, 0.3) is 0 Å². The maximum Gasteiger partial charge on any atom is 0.485 e. The molecule has 0 saturated heterocycles. The molecule has 0 saturated carbocycles.